The molecule has 1 rings (SSSR count). The lowest BCUT2D eigenvalue weighted by Crippen LogP contribution is -2.13. The van der Waals surface area contributed by atoms with Crippen LogP contribution in [0.5, 0.6) is 0 Å². The van der Waals surface area contributed by atoms with Crippen LogP contribution in [0.25, 0.3) is 0 Å². The monoisotopic (exact) mass is 314 g/mol. The molecule has 0 radical (unpaired) electrons. The number of allylic oxidation sites excluding steroid dienone is 2. The van der Waals surface area contributed by atoms with E-state index in [-0.39, 0.29) is 5.97 Å². The van der Waals surface area contributed by atoms with Gasteiger partial charge in [-0.05, 0) is 23.5 Å². The van der Waals surface area contributed by atoms with E-state index in [0.29, 0.717) is 12.3 Å². The zero-order valence-electron chi connectivity index (χ0n) is 14.9. The van der Waals surface area contributed by atoms with Gasteiger partial charge in [-0.15, -0.1) is 0 Å². The van der Waals surface area contributed by atoms with Crippen molar-refractivity contribution < 1.29 is 9.53 Å². The summed E-state index contributed by atoms with van der Waals surface area (Å²) in [6.45, 7) is 15.7. The smallest absolute Gasteiger partial charge is 0.306 e. The van der Waals surface area contributed by atoms with E-state index in [0.717, 1.165) is 17.6 Å². The maximum Gasteiger partial charge on any atom is 0.306 e. The predicted molar refractivity (Wildman–Crippen MR) is 99.2 cm³/mol. The molecule has 1 aromatic carbocycles. The lowest BCUT2D eigenvalue weighted by atomic mass is 10.0. The molecule has 0 fully saturated rings. The molecule has 0 amide bonds. The van der Waals surface area contributed by atoms with Crippen molar-refractivity contribution in [3.05, 3.63) is 72.9 Å². The number of rotatable bonds is 8. The van der Waals surface area contributed by atoms with E-state index < -0.39 is 6.10 Å². The van der Waals surface area contributed by atoms with Crippen LogP contribution in [0.1, 0.15) is 52.2 Å². The first-order chi connectivity index (χ1) is 11.1. The molecular formula is C21H30O2. The molecule has 0 saturated heterocycles. The Bertz CT molecular complexity index is 498. The van der Waals surface area contributed by atoms with Crippen molar-refractivity contribution in [2.24, 2.45) is 5.92 Å². The second kappa shape index (κ2) is 12.5. The molecule has 0 saturated carbocycles. The van der Waals surface area contributed by atoms with Gasteiger partial charge in [-0.3, -0.25) is 4.79 Å². The van der Waals surface area contributed by atoms with Crippen molar-refractivity contribution in [3.8, 4) is 0 Å². The van der Waals surface area contributed by atoms with E-state index >= 15 is 0 Å². The molecule has 1 unspecified atom stereocenters. The quantitative estimate of drug-likeness (QED) is 0.432. The maximum absolute atomic E-state index is 12.0. The highest BCUT2D eigenvalue weighted by Gasteiger charge is 2.19. The van der Waals surface area contributed by atoms with Crippen LogP contribution in [0.4, 0.5) is 0 Å². The molecule has 126 valence electrons. The summed E-state index contributed by atoms with van der Waals surface area (Å²) < 4.78 is 5.67. The largest absolute Gasteiger partial charge is 0.453 e. The van der Waals surface area contributed by atoms with Crippen molar-refractivity contribution in [1.29, 1.82) is 0 Å². The standard InChI is InChI=1S/C19H24O2.C2H6/c1-5-10-16(6-2)19(17-11-8-7-9-12-17)21-18(20)14-13-15(3)4;1-2/h5-12,15,19H,1-2,13-14H2,3-4H3;1-2H3/b16-10+;. The first-order valence-electron chi connectivity index (χ1n) is 8.28. The Hall–Kier alpha value is -2.09. The maximum atomic E-state index is 12.0. The average molecular weight is 314 g/mol. The van der Waals surface area contributed by atoms with E-state index in [4.69, 9.17) is 4.74 Å². The minimum atomic E-state index is -0.429. The van der Waals surface area contributed by atoms with Crippen molar-refractivity contribution in [2.45, 2.75) is 46.6 Å². The highest BCUT2D eigenvalue weighted by atomic mass is 16.5. The highest BCUT2D eigenvalue weighted by Crippen LogP contribution is 2.27. The first-order valence-corrected chi connectivity index (χ1v) is 8.28. The van der Waals surface area contributed by atoms with Crippen LogP contribution in [0.2, 0.25) is 0 Å². The van der Waals surface area contributed by atoms with Gasteiger partial charge < -0.3 is 4.74 Å². The molecular weight excluding hydrogens is 284 g/mol. The number of hydrogen-bond acceptors (Lipinski definition) is 2. The van der Waals surface area contributed by atoms with Gasteiger partial charge in [0.2, 0.25) is 0 Å². The van der Waals surface area contributed by atoms with Crippen molar-refractivity contribution in [3.63, 3.8) is 0 Å². The van der Waals surface area contributed by atoms with E-state index in [2.05, 4.69) is 27.0 Å². The molecule has 1 aromatic rings. The van der Waals surface area contributed by atoms with Crippen LogP contribution >= 0.6 is 0 Å². The lowest BCUT2D eigenvalue weighted by Gasteiger charge is -2.20. The molecule has 23 heavy (non-hydrogen) atoms. The van der Waals surface area contributed by atoms with Crippen LogP contribution in [0.3, 0.4) is 0 Å². The van der Waals surface area contributed by atoms with Crippen molar-refractivity contribution in [1.82, 2.24) is 0 Å². The summed E-state index contributed by atoms with van der Waals surface area (Å²) in [5.41, 5.74) is 1.76. The SMILES string of the molecule is C=C/C=C(\C=C)C(OC(=O)CCC(C)C)c1ccccc1.CC. The van der Waals surface area contributed by atoms with Crippen LogP contribution in [-0.4, -0.2) is 5.97 Å². The van der Waals surface area contributed by atoms with E-state index in [1.165, 1.54) is 0 Å². The van der Waals surface area contributed by atoms with Gasteiger partial charge in [0.25, 0.3) is 0 Å². The van der Waals surface area contributed by atoms with E-state index in [1.807, 2.05) is 50.3 Å². The molecule has 0 aromatic heterocycles. The van der Waals surface area contributed by atoms with Gasteiger partial charge in [-0.2, -0.15) is 0 Å². The number of carbonyl (C=O) groups excluding carboxylic acids is 1. The molecule has 0 N–H and O–H groups in total. The second-order valence-electron chi connectivity index (χ2n) is 5.32. The molecule has 0 aliphatic carbocycles. The summed E-state index contributed by atoms with van der Waals surface area (Å²) >= 11 is 0. The molecule has 0 bridgehead atoms. The molecule has 2 nitrogen and oxygen atoms in total. The second-order valence-corrected chi connectivity index (χ2v) is 5.32. The van der Waals surface area contributed by atoms with Gasteiger partial charge in [-0.1, -0.05) is 89.4 Å². The summed E-state index contributed by atoms with van der Waals surface area (Å²) in [4.78, 5) is 12.0. The van der Waals surface area contributed by atoms with E-state index in [9.17, 15) is 4.79 Å². The third-order valence-corrected chi connectivity index (χ3v) is 3.13. The van der Waals surface area contributed by atoms with Gasteiger partial charge in [0.1, 0.15) is 0 Å². The third kappa shape index (κ3) is 8.20. The Kier molecular flexibility index (Phi) is 11.3. The summed E-state index contributed by atoms with van der Waals surface area (Å²) in [5.74, 6) is 0.296. The number of hydrogen-bond donors (Lipinski definition) is 0. The fraction of sp³-hybridized carbons (Fsp3) is 0.381. The summed E-state index contributed by atoms with van der Waals surface area (Å²) in [6, 6.07) is 9.69. The Morgan fingerprint density at radius 3 is 2.26 bits per heavy atom. The van der Waals surface area contributed by atoms with E-state index in [1.54, 1.807) is 12.2 Å². The molecule has 0 spiro atoms. The normalized spacial score (nSPS) is 12.0. The van der Waals surface area contributed by atoms with Gasteiger partial charge in [0.15, 0.2) is 6.10 Å². The van der Waals surface area contributed by atoms with Gasteiger partial charge in [-0.25, -0.2) is 0 Å². The van der Waals surface area contributed by atoms with Crippen LogP contribution in [0.15, 0.2) is 67.3 Å². The van der Waals surface area contributed by atoms with Crippen LogP contribution in [0, 0.1) is 5.92 Å². The topological polar surface area (TPSA) is 26.3 Å². The Morgan fingerprint density at radius 2 is 1.78 bits per heavy atom. The highest BCUT2D eigenvalue weighted by molar-refractivity contribution is 5.70. The number of benzene rings is 1. The number of ether oxygens (including phenoxy) is 1. The number of carbonyl (C=O) groups is 1. The van der Waals surface area contributed by atoms with Gasteiger partial charge in [0, 0.05) is 6.42 Å². The zero-order chi connectivity index (χ0) is 17.7. The fourth-order valence-corrected chi connectivity index (χ4v) is 1.95. The summed E-state index contributed by atoms with van der Waals surface area (Å²) in [6.07, 6.45) is 6.03. The number of esters is 1. The van der Waals surface area contributed by atoms with Crippen molar-refractivity contribution >= 4 is 5.97 Å². The lowest BCUT2D eigenvalue weighted by molar-refractivity contribution is -0.147. The Morgan fingerprint density at radius 1 is 1.17 bits per heavy atom. The predicted octanol–water partition coefficient (Wildman–Crippen LogP) is 6.03. The fourth-order valence-electron chi connectivity index (χ4n) is 1.95. The zero-order valence-corrected chi connectivity index (χ0v) is 14.9. The van der Waals surface area contributed by atoms with Crippen LogP contribution < -0.4 is 0 Å². The van der Waals surface area contributed by atoms with Gasteiger partial charge in [0.05, 0.1) is 0 Å². The van der Waals surface area contributed by atoms with Crippen molar-refractivity contribution in [2.75, 3.05) is 0 Å². The van der Waals surface area contributed by atoms with Gasteiger partial charge >= 0.3 is 5.97 Å². The molecule has 2 heteroatoms. The van der Waals surface area contributed by atoms with Crippen LogP contribution in [-0.2, 0) is 9.53 Å². The molecule has 0 aliphatic heterocycles. The summed E-state index contributed by atoms with van der Waals surface area (Å²) in [5, 5.41) is 0. The third-order valence-electron chi connectivity index (χ3n) is 3.13. The first kappa shape index (κ1) is 20.9. The minimum Gasteiger partial charge on any atom is -0.453 e. The molecule has 0 aliphatic rings. The minimum absolute atomic E-state index is 0.186. The molecule has 1 atom stereocenters. The molecule has 0 heterocycles. The Labute approximate surface area is 141 Å². The Balaban J connectivity index is 0.00000232. The summed E-state index contributed by atoms with van der Waals surface area (Å²) in [7, 11) is 0. The average Bonchev–Trinajstić information content (AvgIpc) is 2.58.